The lowest BCUT2D eigenvalue weighted by molar-refractivity contribution is 0.0794. The van der Waals surface area contributed by atoms with Crippen LogP contribution in [-0.2, 0) is 12.6 Å². The number of aliphatic hydroxyl groups is 1. The number of hydrogen-bond acceptors (Lipinski definition) is 6. The lowest BCUT2D eigenvalue weighted by Crippen LogP contribution is -2.17. The van der Waals surface area contributed by atoms with Gasteiger partial charge >= 0.3 is 0 Å². The van der Waals surface area contributed by atoms with Gasteiger partial charge in [0.05, 0.1) is 23.7 Å². The van der Waals surface area contributed by atoms with E-state index in [1.54, 1.807) is 24.7 Å². The maximum atomic E-state index is 10.3. The zero-order valence-electron chi connectivity index (χ0n) is 14.2. The molecule has 0 fully saturated rings. The summed E-state index contributed by atoms with van der Waals surface area (Å²) in [6.07, 6.45) is 5.01. The van der Waals surface area contributed by atoms with Crippen molar-refractivity contribution < 1.29 is 5.11 Å². The average molecular weight is 359 g/mol. The van der Waals surface area contributed by atoms with Gasteiger partial charge in [-0.25, -0.2) is 4.98 Å². The monoisotopic (exact) mass is 358 g/mol. The van der Waals surface area contributed by atoms with Crippen molar-refractivity contribution in [1.29, 1.82) is 0 Å². The van der Waals surface area contributed by atoms with Gasteiger partial charge < -0.3 is 15.7 Å². The summed E-state index contributed by atoms with van der Waals surface area (Å²) in [6, 6.07) is 7.46. The number of aryl methyl sites for hydroxylation is 1. The lowest BCUT2D eigenvalue weighted by atomic mass is 9.96. The Morgan fingerprint density at radius 3 is 2.60 bits per heavy atom. The molecule has 0 saturated carbocycles. The van der Waals surface area contributed by atoms with Crippen molar-refractivity contribution in [2.75, 3.05) is 10.6 Å². The van der Waals surface area contributed by atoms with E-state index in [-0.39, 0.29) is 0 Å². The van der Waals surface area contributed by atoms with E-state index in [4.69, 9.17) is 11.6 Å². The summed E-state index contributed by atoms with van der Waals surface area (Å²) in [5.41, 5.74) is 1.24. The molecule has 3 N–H and O–H groups in total. The lowest BCUT2D eigenvalue weighted by Gasteiger charge is -2.22. The molecule has 130 valence electrons. The minimum atomic E-state index is -1.00. The zero-order valence-corrected chi connectivity index (χ0v) is 14.9. The van der Waals surface area contributed by atoms with Crippen molar-refractivity contribution in [2.24, 2.45) is 7.05 Å². The van der Waals surface area contributed by atoms with Gasteiger partial charge in [-0.15, -0.1) is 0 Å². The summed E-state index contributed by atoms with van der Waals surface area (Å²) in [6.45, 7) is 3.45. The van der Waals surface area contributed by atoms with E-state index in [1.165, 1.54) is 6.20 Å². The summed E-state index contributed by atoms with van der Waals surface area (Å²) in [4.78, 5) is 8.59. The van der Waals surface area contributed by atoms with Crippen molar-refractivity contribution >= 4 is 34.7 Å². The SMILES string of the molecule is Cn1cc(Nc2ncc(Cl)c(Nc3ccccc3C(C)(C)O)n2)cn1. The summed E-state index contributed by atoms with van der Waals surface area (Å²) < 4.78 is 1.68. The van der Waals surface area contributed by atoms with Crippen molar-refractivity contribution in [3.8, 4) is 0 Å². The second-order valence-electron chi connectivity index (χ2n) is 6.15. The number of hydrogen-bond donors (Lipinski definition) is 3. The standard InChI is InChI=1S/C17H19ClN6O/c1-17(2,25)12-6-4-5-7-14(12)22-15-13(18)9-19-16(23-15)21-11-8-20-24(3)10-11/h4-10,25H,1-3H3,(H2,19,21,22,23). The van der Waals surface area contributed by atoms with Gasteiger partial charge in [-0.1, -0.05) is 29.8 Å². The van der Waals surface area contributed by atoms with Crippen LogP contribution < -0.4 is 10.6 Å². The molecule has 0 amide bonds. The Kier molecular flexibility index (Phi) is 4.61. The molecule has 0 unspecified atom stereocenters. The maximum absolute atomic E-state index is 10.3. The highest BCUT2D eigenvalue weighted by atomic mass is 35.5. The van der Waals surface area contributed by atoms with Crippen LogP contribution in [0.25, 0.3) is 0 Å². The number of nitrogens with zero attached hydrogens (tertiary/aromatic N) is 4. The molecule has 2 heterocycles. The van der Waals surface area contributed by atoms with Gasteiger partial charge in [0.2, 0.25) is 5.95 Å². The van der Waals surface area contributed by atoms with E-state index < -0.39 is 5.60 Å². The smallest absolute Gasteiger partial charge is 0.229 e. The molecule has 0 aliphatic carbocycles. The van der Waals surface area contributed by atoms with E-state index >= 15 is 0 Å². The molecule has 0 spiro atoms. The molecule has 2 aromatic heterocycles. The van der Waals surface area contributed by atoms with Crippen molar-refractivity contribution in [1.82, 2.24) is 19.7 Å². The number of aromatic nitrogens is 4. The van der Waals surface area contributed by atoms with Crippen LogP contribution in [0.2, 0.25) is 5.02 Å². The van der Waals surface area contributed by atoms with Gasteiger partial charge in [0.25, 0.3) is 0 Å². The number of rotatable bonds is 5. The fourth-order valence-electron chi connectivity index (χ4n) is 2.38. The van der Waals surface area contributed by atoms with Crippen LogP contribution in [-0.4, -0.2) is 24.9 Å². The highest BCUT2D eigenvalue weighted by Gasteiger charge is 2.20. The van der Waals surface area contributed by atoms with Crippen LogP contribution in [0.5, 0.6) is 0 Å². The Morgan fingerprint density at radius 2 is 1.92 bits per heavy atom. The van der Waals surface area contributed by atoms with E-state index in [2.05, 4.69) is 25.7 Å². The van der Waals surface area contributed by atoms with Gasteiger partial charge in [0.15, 0.2) is 5.82 Å². The molecule has 7 nitrogen and oxygen atoms in total. The third-order valence-corrected chi connectivity index (χ3v) is 3.82. The van der Waals surface area contributed by atoms with E-state index in [0.717, 1.165) is 16.9 Å². The second kappa shape index (κ2) is 6.70. The number of benzene rings is 1. The molecule has 25 heavy (non-hydrogen) atoms. The Balaban J connectivity index is 1.89. The topological polar surface area (TPSA) is 87.9 Å². The summed E-state index contributed by atoms with van der Waals surface area (Å²) in [5.74, 6) is 0.834. The van der Waals surface area contributed by atoms with Crippen LogP contribution in [0, 0.1) is 0 Å². The third-order valence-electron chi connectivity index (χ3n) is 3.54. The van der Waals surface area contributed by atoms with Crippen LogP contribution in [0.3, 0.4) is 0 Å². The molecule has 0 bridgehead atoms. The van der Waals surface area contributed by atoms with Gasteiger partial charge in [-0.05, 0) is 19.9 Å². The fraction of sp³-hybridized carbons (Fsp3) is 0.235. The molecule has 1 aromatic carbocycles. The first-order valence-electron chi connectivity index (χ1n) is 7.70. The van der Waals surface area contributed by atoms with Crippen molar-refractivity contribution in [3.05, 3.63) is 53.4 Å². The maximum Gasteiger partial charge on any atom is 0.229 e. The zero-order chi connectivity index (χ0) is 18.0. The van der Waals surface area contributed by atoms with Crippen LogP contribution in [0.1, 0.15) is 19.4 Å². The molecule has 0 atom stereocenters. The first kappa shape index (κ1) is 17.2. The molecule has 0 aliphatic heterocycles. The minimum absolute atomic E-state index is 0.377. The Hall–Kier alpha value is -2.64. The molecular formula is C17H19ClN6O. The van der Waals surface area contributed by atoms with Gasteiger partial charge in [-0.3, -0.25) is 4.68 Å². The van der Waals surface area contributed by atoms with E-state index in [1.807, 2.05) is 37.5 Å². The van der Waals surface area contributed by atoms with E-state index in [9.17, 15) is 5.11 Å². The van der Waals surface area contributed by atoms with Crippen LogP contribution in [0.15, 0.2) is 42.9 Å². The quantitative estimate of drug-likeness (QED) is 0.646. The molecule has 3 aromatic rings. The Labute approximate surface area is 150 Å². The van der Waals surface area contributed by atoms with Crippen molar-refractivity contribution in [3.63, 3.8) is 0 Å². The van der Waals surface area contributed by atoms with Crippen LogP contribution >= 0.6 is 11.6 Å². The molecule has 0 aliphatic rings. The predicted octanol–water partition coefficient (Wildman–Crippen LogP) is 3.58. The molecule has 8 heteroatoms. The number of halogens is 1. The third kappa shape index (κ3) is 4.07. The number of anilines is 4. The fourth-order valence-corrected chi connectivity index (χ4v) is 2.52. The Morgan fingerprint density at radius 1 is 1.16 bits per heavy atom. The van der Waals surface area contributed by atoms with Crippen LogP contribution in [0.4, 0.5) is 23.1 Å². The van der Waals surface area contributed by atoms with Gasteiger partial charge in [0.1, 0.15) is 5.02 Å². The van der Waals surface area contributed by atoms with E-state index in [0.29, 0.717) is 16.8 Å². The predicted molar refractivity (Wildman–Crippen MR) is 98.5 cm³/mol. The normalized spacial score (nSPS) is 11.4. The summed E-state index contributed by atoms with van der Waals surface area (Å²) in [5, 5.41) is 21.1. The average Bonchev–Trinajstić information content (AvgIpc) is 2.95. The minimum Gasteiger partial charge on any atom is -0.386 e. The largest absolute Gasteiger partial charge is 0.386 e. The first-order chi connectivity index (χ1) is 11.8. The molecule has 0 saturated heterocycles. The summed E-state index contributed by atoms with van der Waals surface area (Å²) >= 11 is 6.23. The summed E-state index contributed by atoms with van der Waals surface area (Å²) in [7, 11) is 1.83. The van der Waals surface area contributed by atoms with Crippen molar-refractivity contribution in [2.45, 2.75) is 19.4 Å². The first-order valence-corrected chi connectivity index (χ1v) is 8.08. The van der Waals surface area contributed by atoms with Gasteiger partial charge in [0, 0.05) is 24.5 Å². The Bertz CT molecular complexity index is 887. The molecular weight excluding hydrogens is 340 g/mol. The second-order valence-corrected chi connectivity index (χ2v) is 6.55. The molecule has 0 radical (unpaired) electrons. The molecule has 3 rings (SSSR count). The number of nitrogens with one attached hydrogen (secondary N) is 2. The number of para-hydroxylation sites is 1. The highest BCUT2D eigenvalue weighted by molar-refractivity contribution is 6.32. The van der Waals surface area contributed by atoms with Gasteiger partial charge in [-0.2, -0.15) is 10.1 Å². The highest BCUT2D eigenvalue weighted by Crippen LogP contribution is 2.31.